The van der Waals surface area contributed by atoms with Gasteiger partial charge in [-0.15, -0.1) is 11.3 Å². The minimum atomic E-state index is -3.93. The van der Waals surface area contributed by atoms with Gasteiger partial charge in [-0.25, -0.2) is 13.4 Å². The fourth-order valence-corrected chi connectivity index (χ4v) is 9.03. The molecule has 4 rings (SSSR count). The molecule has 3 heterocycles. The molecular weight excluding hydrogens is 512 g/mol. The minimum absolute atomic E-state index is 0.0495. The Hall–Kier alpha value is -2.58. The van der Waals surface area contributed by atoms with Crippen molar-refractivity contribution in [3.05, 3.63) is 53.9 Å². The quantitative estimate of drug-likeness (QED) is 0.485. The Morgan fingerprint density at radius 3 is 2.46 bits per heavy atom. The van der Waals surface area contributed by atoms with Gasteiger partial charge < -0.3 is 10.2 Å². The normalized spacial score (nSPS) is 21.1. The number of nitrogens with two attached hydrogens (primary N) is 1. The van der Waals surface area contributed by atoms with Crippen molar-refractivity contribution >= 4 is 37.3 Å². The molecule has 1 atom stereocenters. The van der Waals surface area contributed by atoms with Crippen LogP contribution in [0.5, 0.6) is 0 Å². The zero-order valence-corrected chi connectivity index (χ0v) is 21.7. The number of hydrogen-bond acceptors (Lipinski definition) is 8. The van der Waals surface area contributed by atoms with Crippen molar-refractivity contribution in [2.45, 2.75) is 17.6 Å². The number of nitrogens with zero attached hydrogens (tertiary/aromatic N) is 3. The van der Waals surface area contributed by atoms with Crippen LogP contribution in [-0.4, -0.2) is 69.3 Å². The van der Waals surface area contributed by atoms with E-state index < -0.39 is 42.9 Å². The van der Waals surface area contributed by atoms with Gasteiger partial charge in [-0.3, -0.25) is 4.79 Å². The first-order valence-electron chi connectivity index (χ1n) is 10.7. The van der Waals surface area contributed by atoms with Crippen LogP contribution in [-0.2, 0) is 29.6 Å². The first-order chi connectivity index (χ1) is 16.5. The van der Waals surface area contributed by atoms with Gasteiger partial charge in [0.05, 0.1) is 18.4 Å². The maximum atomic E-state index is 13.6. The number of amides is 1. The van der Waals surface area contributed by atoms with Gasteiger partial charge in [0.15, 0.2) is 22.0 Å². The van der Waals surface area contributed by atoms with Gasteiger partial charge in [0.2, 0.25) is 5.91 Å². The lowest BCUT2D eigenvalue weighted by atomic mass is 9.97. The van der Waals surface area contributed by atoms with Gasteiger partial charge in [-0.1, -0.05) is 24.3 Å². The maximum Gasteiger partial charge on any atom is 0.281 e. The zero-order valence-electron chi connectivity index (χ0n) is 19.2. The average molecular weight is 539 g/mol. The number of aromatic nitrogens is 1. The largest absolute Gasteiger partial charge is 0.444 e. The molecule has 0 saturated carbocycles. The lowest BCUT2D eigenvalue weighted by molar-refractivity contribution is -0.118. The molecule has 2 N–H and O–H groups in total. The van der Waals surface area contributed by atoms with Gasteiger partial charge in [0, 0.05) is 42.5 Å². The van der Waals surface area contributed by atoms with Crippen LogP contribution in [0.2, 0.25) is 0 Å². The van der Waals surface area contributed by atoms with E-state index in [0.29, 0.717) is 10.6 Å². The molecule has 1 saturated heterocycles. The predicted molar refractivity (Wildman–Crippen MR) is 133 cm³/mol. The summed E-state index contributed by atoms with van der Waals surface area (Å²) in [5, 5.41) is 0. The second kappa shape index (κ2) is 9.47. The molecule has 1 fully saturated rings. The first kappa shape index (κ1) is 25.5. The summed E-state index contributed by atoms with van der Waals surface area (Å²) in [6.45, 7) is -0.239. The van der Waals surface area contributed by atoms with Crippen LogP contribution >= 0.6 is 11.3 Å². The highest BCUT2D eigenvalue weighted by atomic mass is 32.2. The summed E-state index contributed by atoms with van der Waals surface area (Å²) in [5.74, 6) is -0.540. The standard InChI is InChI=1S/C22H26N4O6S3/c1-25(2)35(30,31)26-10-9-22(13-21(23)27,34(28,29)12-11-26)20-8-7-19(33-20)17-5-3-16(4-6-17)18-14-24-15-32-18/h3-8,14-15H,9-13H2,1-2H3,(H2,23,27). The molecule has 1 aliphatic heterocycles. The molecule has 1 aliphatic rings. The number of benzene rings is 1. The lowest BCUT2D eigenvalue weighted by Crippen LogP contribution is -2.41. The van der Waals surface area contributed by atoms with Crippen LogP contribution in [0.1, 0.15) is 17.7 Å². The number of sulfone groups is 1. The van der Waals surface area contributed by atoms with Crippen LogP contribution in [0.15, 0.2) is 53.4 Å². The third-order valence-corrected chi connectivity index (χ3v) is 12.0. The van der Waals surface area contributed by atoms with Crippen molar-refractivity contribution in [2.24, 2.45) is 5.73 Å². The van der Waals surface area contributed by atoms with E-state index in [9.17, 15) is 21.6 Å². The van der Waals surface area contributed by atoms with E-state index in [2.05, 4.69) is 4.98 Å². The topological polar surface area (TPSA) is 144 Å². The third-order valence-electron chi connectivity index (χ3n) is 6.16. The number of oxazole rings is 1. The number of hydrogen-bond donors (Lipinski definition) is 1. The molecule has 1 amide bonds. The van der Waals surface area contributed by atoms with Crippen LogP contribution in [0.4, 0.5) is 0 Å². The van der Waals surface area contributed by atoms with Crippen molar-refractivity contribution < 1.29 is 26.0 Å². The van der Waals surface area contributed by atoms with Crippen LogP contribution < -0.4 is 5.73 Å². The Kier molecular flexibility index (Phi) is 6.90. The average Bonchev–Trinajstić information content (AvgIpc) is 3.48. The van der Waals surface area contributed by atoms with Gasteiger partial charge in [0.25, 0.3) is 10.2 Å². The second-order valence-corrected chi connectivity index (χ2v) is 14.1. The minimum Gasteiger partial charge on any atom is -0.444 e. The van der Waals surface area contributed by atoms with Crippen LogP contribution in [0.3, 0.4) is 0 Å². The van der Waals surface area contributed by atoms with Crippen molar-refractivity contribution in [2.75, 3.05) is 32.9 Å². The van der Waals surface area contributed by atoms with Crippen molar-refractivity contribution in [1.29, 1.82) is 0 Å². The molecule has 35 heavy (non-hydrogen) atoms. The molecule has 13 heteroatoms. The van der Waals surface area contributed by atoms with Gasteiger partial charge >= 0.3 is 0 Å². The molecule has 10 nitrogen and oxygen atoms in total. The number of rotatable bonds is 7. The van der Waals surface area contributed by atoms with E-state index in [0.717, 1.165) is 24.6 Å². The van der Waals surface area contributed by atoms with Gasteiger partial charge in [-0.05, 0) is 24.1 Å². The molecule has 2 aromatic heterocycles. The number of thiophene rings is 1. The molecule has 1 unspecified atom stereocenters. The predicted octanol–water partition coefficient (Wildman–Crippen LogP) is 2.07. The summed E-state index contributed by atoms with van der Waals surface area (Å²) >= 11 is 1.26. The smallest absolute Gasteiger partial charge is 0.281 e. The summed E-state index contributed by atoms with van der Waals surface area (Å²) in [7, 11) is -4.96. The Bertz CT molecular complexity index is 1410. The van der Waals surface area contributed by atoms with E-state index in [1.807, 2.05) is 24.3 Å². The van der Waals surface area contributed by atoms with E-state index in [4.69, 9.17) is 10.2 Å². The monoisotopic (exact) mass is 538 g/mol. The second-order valence-electron chi connectivity index (χ2n) is 8.50. The Morgan fingerprint density at radius 1 is 1.17 bits per heavy atom. The molecule has 0 spiro atoms. The Labute approximate surface area is 208 Å². The van der Waals surface area contributed by atoms with Crippen molar-refractivity contribution in [1.82, 2.24) is 13.6 Å². The summed E-state index contributed by atoms with van der Waals surface area (Å²) in [4.78, 5) is 17.3. The Morgan fingerprint density at radius 2 is 1.86 bits per heavy atom. The van der Waals surface area contributed by atoms with Gasteiger partial charge in [-0.2, -0.15) is 17.0 Å². The molecule has 0 bridgehead atoms. The maximum absolute atomic E-state index is 13.6. The van der Waals surface area contributed by atoms with Crippen LogP contribution in [0.25, 0.3) is 21.8 Å². The summed E-state index contributed by atoms with van der Waals surface area (Å²) in [6, 6.07) is 11.0. The van der Waals surface area contributed by atoms with Crippen molar-refractivity contribution in [3.63, 3.8) is 0 Å². The van der Waals surface area contributed by atoms with E-state index >= 15 is 0 Å². The fraction of sp³-hybridized carbons (Fsp3) is 0.364. The lowest BCUT2D eigenvalue weighted by Gasteiger charge is -2.30. The summed E-state index contributed by atoms with van der Waals surface area (Å²) in [6.07, 6.45) is 2.47. The van der Waals surface area contributed by atoms with Crippen LogP contribution in [0, 0.1) is 0 Å². The molecular formula is C22H26N4O6S3. The van der Waals surface area contributed by atoms with E-state index in [-0.39, 0.29) is 19.5 Å². The number of carbonyl (C=O) groups is 1. The molecule has 1 aromatic carbocycles. The highest BCUT2D eigenvalue weighted by molar-refractivity contribution is 7.92. The molecule has 188 valence electrons. The number of primary amides is 1. The van der Waals surface area contributed by atoms with Crippen molar-refractivity contribution in [3.8, 4) is 21.8 Å². The van der Waals surface area contributed by atoms with Gasteiger partial charge in [0.1, 0.15) is 4.75 Å². The SMILES string of the molecule is CN(C)S(=O)(=O)N1CCC(CC(N)=O)(c2ccc(-c3ccc(-c4cnco4)cc3)s2)S(=O)(=O)CC1. The van der Waals surface area contributed by atoms with E-state index in [1.54, 1.807) is 18.3 Å². The highest BCUT2D eigenvalue weighted by Gasteiger charge is 2.50. The van der Waals surface area contributed by atoms with E-state index in [1.165, 1.54) is 31.8 Å². The molecule has 0 radical (unpaired) electrons. The highest BCUT2D eigenvalue weighted by Crippen LogP contribution is 2.45. The zero-order chi connectivity index (χ0) is 25.4. The third kappa shape index (κ3) is 4.78. The summed E-state index contributed by atoms with van der Waals surface area (Å²) in [5.41, 5.74) is 7.23. The molecule has 3 aromatic rings. The fourth-order valence-electron chi connectivity index (χ4n) is 4.19. The Balaban J connectivity index is 1.71. The summed E-state index contributed by atoms with van der Waals surface area (Å²) < 4.78 is 58.4. The molecule has 0 aliphatic carbocycles. The first-order valence-corrected chi connectivity index (χ1v) is 14.6. The number of carbonyl (C=O) groups excluding carboxylic acids is 1.